The van der Waals surface area contributed by atoms with Crippen molar-refractivity contribution in [1.82, 2.24) is 0 Å². The SMILES string of the molecule is COCC1CCN(c2ccc(C(N)=S)c(F)c2)CC1. The Morgan fingerprint density at radius 1 is 1.47 bits per heavy atom. The van der Waals surface area contributed by atoms with Crippen molar-refractivity contribution in [2.75, 3.05) is 31.7 Å². The molecule has 1 saturated heterocycles. The minimum atomic E-state index is -0.344. The molecule has 2 N–H and O–H groups in total. The number of hydrogen-bond donors (Lipinski definition) is 1. The number of piperidine rings is 1. The lowest BCUT2D eigenvalue weighted by Crippen LogP contribution is -2.35. The van der Waals surface area contributed by atoms with Gasteiger partial charge in [-0.05, 0) is 37.0 Å². The molecule has 1 aliphatic rings. The zero-order valence-corrected chi connectivity index (χ0v) is 11.9. The number of hydrogen-bond acceptors (Lipinski definition) is 3. The van der Waals surface area contributed by atoms with E-state index in [1.54, 1.807) is 13.2 Å². The highest BCUT2D eigenvalue weighted by molar-refractivity contribution is 7.80. The molecule has 0 amide bonds. The Hall–Kier alpha value is -1.20. The standard InChI is InChI=1S/C14H19FN2OS/c1-18-9-10-4-6-17(7-5-10)11-2-3-12(14(16)19)13(15)8-11/h2-3,8,10H,4-7,9H2,1H3,(H2,16,19). The highest BCUT2D eigenvalue weighted by atomic mass is 32.1. The summed E-state index contributed by atoms with van der Waals surface area (Å²) in [5, 5.41) is 0. The van der Waals surface area contributed by atoms with E-state index in [-0.39, 0.29) is 10.8 Å². The van der Waals surface area contributed by atoms with Crippen molar-refractivity contribution in [3.63, 3.8) is 0 Å². The van der Waals surface area contributed by atoms with Gasteiger partial charge in [-0.3, -0.25) is 0 Å². The van der Waals surface area contributed by atoms with Crippen LogP contribution in [0.2, 0.25) is 0 Å². The molecule has 104 valence electrons. The van der Waals surface area contributed by atoms with Crippen LogP contribution in [0.3, 0.4) is 0 Å². The Morgan fingerprint density at radius 2 is 2.16 bits per heavy atom. The van der Waals surface area contributed by atoms with Gasteiger partial charge in [-0.25, -0.2) is 4.39 Å². The van der Waals surface area contributed by atoms with Crippen molar-refractivity contribution in [3.05, 3.63) is 29.6 Å². The van der Waals surface area contributed by atoms with Gasteiger partial charge < -0.3 is 15.4 Å². The highest BCUT2D eigenvalue weighted by Crippen LogP contribution is 2.25. The highest BCUT2D eigenvalue weighted by Gasteiger charge is 2.20. The minimum absolute atomic E-state index is 0.0999. The van der Waals surface area contributed by atoms with Gasteiger partial charge in [0, 0.05) is 38.1 Å². The maximum absolute atomic E-state index is 13.8. The summed E-state index contributed by atoms with van der Waals surface area (Å²) in [6.07, 6.45) is 2.15. The molecule has 1 heterocycles. The van der Waals surface area contributed by atoms with E-state index in [1.807, 2.05) is 6.07 Å². The molecule has 0 radical (unpaired) electrons. The lowest BCUT2D eigenvalue weighted by molar-refractivity contribution is 0.139. The fourth-order valence-corrected chi connectivity index (χ4v) is 2.66. The molecule has 1 fully saturated rings. The number of ether oxygens (including phenoxy) is 1. The topological polar surface area (TPSA) is 38.5 Å². The van der Waals surface area contributed by atoms with E-state index in [2.05, 4.69) is 4.90 Å². The Balaban J connectivity index is 2.04. The van der Waals surface area contributed by atoms with E-state index < -0.39 is 0 Å². The van der Waals surface area contributed by atoms with Crippen LogP contribution >= 0.6 is 12.2 Å². The van der Waals surface area contributed by atoms with Crippen molar-refractivity contribution in [1.29, 1.82) is 0 Å². The fourth-order valence-electron chi connectivity index (χ4n) is 2.49. The first-order chi connectivity index (χ1) is 9.11. The van der Waals surface area contributed by atoms with E-state index in [4.69, 9.17) is 22.7 Å². The summed E-state index contributed by atoms with van der Waals surface area (Å²) in [5.74, 6) is 0.269. The van der Waals surface area contributed by atoms with Crippen LogP contribution in [0, 0.1) is 11.7 Å². The van der Waals surface area contributed by atoms with Crippen molar-refractivity contribution in [3.8, 4) is 0 Å². The van der Waals surface area contributed by atoms with Gasteiger partial charge in [-0.1, -0.05) is 12.2 Å². The summed E-state index contributed by atoms with van der Waals surface area (Å²) in [5.41, 5.74) is 6.67. The maximum atomic E-state index is 13.8. The van der Waals surface area contributed by atoms with Crippen LogP contribution in [0.1, 0.15) is 18.4 Å². The zero-order chi connectivity index (χ0) is 13.8. The molecule has 0 bridgehead atoms. The fraction of sp³-hybridized carbons (Fsp3) is 0.500. The van der Waals surface area contributed by atoms with Crippen LogP contribution in [-0.2, 0) is 4.74 Å². The summed E-state index contributed by atoms with van der Waals surface area (Å²) >= 11 is 4.80. The normalized spacial score (nSPS) is 16.6. The third kappa shape index (κ3) is 3.42. The molecule has 19 heavy (non-hydrogen) atoms. The second-order valence-electron chi connectivity index (χ2n) is 4.91. The molecular weight excluding hydrogens is 263 g/mol. The minimum Gasteiger partial charge on any atom is -0.389 e. The van der Waals surface area contributed by atoms with Crippen LogP contribution in [0.5, 0.6) is 0 Å². The lowest BCUT2D eigenvalue weighted by Gasteiger charge is -2.33. The maximum Gasteiger partial charge on any atom is 0.135 e. The molecular formula is C14H19FN2OS. The van der Waals surface area contributed by atoms with Crippen LogP contribution < -0.4 is 10.6 Å². The molecule has 1 aromatic carbocycles. The molecule has 5 heteroatoms. The van der Waals surface area contributed by atoms with Gasteiger partial charge in [0.25, 0.3) is 0 Å². The predicted octanol–water partition coefficient (Wildman–Crippen LogP) is 2.32. The average molecular weight is 282 g/mol. The van der Waals surface area contributed by atoms with Gasteiger partial charge in [-0.2, -0.15) is 0 Å². The zero-order valence-electron chi connectivity index (χ0n) is 11.1. The summed E-state index contributed by atoms with van der Waals surface area (Å²) in [6.45, 7) is 2.67. The van der Waals surface area contributed by atoms with Crippen molar-refractivity contribution in [2.45, 2.75) is 12.8 Å². The number of benzene rings is 1. The quantitative estimate of drug-likeness (QED) is 0.860. The second kappa shape index (κ2) is 6.30. The lowest BCUT2D eigenvalue weighted by atomic mass is 9.97. The molecule has 0 aliphatic carbocycles. The third-order valence-electron chi connectivity index (χ3n) is 3.60. The summed E-state index contributed by atoms with van der Waals surface area (Å²) in [6, 6.07) is 5.06. The molecule has 0 spiro atoms. The average Bonchev–Trinajstić information content (AvgIpc) is 2.39. The molecule has 1 aliphatic heterocycles. The van der Waals surface area contributed by atoms with Gasteiger partial charge in [0.1, 0.15) is 10.8 Å². The monoisotopic (exact) mass is 282 g/mol. The van der Waals surface area contributed by atoms with E-state index in [0.29, 0.717) is 11.5 Å². The second-order valence-corrected chi connectivity index (χ2v) is 5.35. The predicted molar refractivity (Wildman–Crippen MR) is 79.1 cm³/mol. The van der Waals surface area contributed by atoms with Crippen molar-refractivity contribution < 1.29 is 9.13 Å². The number of nitrogens with two attached hydrogens (primary N) is 1. The Labute approximate surface area is 118 Å². The molecule has 0 unspecified atom stereocenters. The van der Waals surface area contributed by atoms with Crippen molar-refractivity contribution >= 4 is 22.9 Å². The Kier molecular flexibility index (Phi) is 4.71. The molecule has 3 nitrogen and oxygen atoms in total. The smallest absolute Gasteiger partial charge is 0.135 e. The van der Waals surface area contributed by atoms with E-state index in [9.17, 15) is 4.39 Å². The van der Waals surface area contributed by atoms with Crippen molar-refractivity contribution in [2.24, 2.45) is 11.7 Å². The number of rotatable bonds is 4. The number of halogens is 1. The number of methoxy groups -OCH3 is 1. The first kappa shape index (κ1) is 14.2. The largest absolute Gasteiger partial charge is 0.389 e. The molecule has 0 atom stereocenters. The third-order valence-corrected chi connectivity index (χ3v) is 3.82. The number of anilines is 1. The first-order valence-electron chi connectivity index (χ1n) is 6.45. The van der Waals surface area contributed by atoms with Crippen LogP contribution in [0.25, 0.3) is 0 Å². The summed E-state index contributed by atoms with van der Waals surface area (Å²) in [4.78, 5) is 2.29. The van der Waals surface area contributed by atoms with E-state index >= 15 is 0 Å². The number of thiocarbonyl (C=S) groups is 1. The molecule has 0 aromatic heterocycles. The molecule has 2 rings (SSSR count). The Morgan fingerprint density at radius 3 is 2.68 bits per heavy atom. The summed E-state index contributed by atoms with van der Waals surface area (Å²) in [7, 11) is 1.73. The molecule has 0 saturated carbocycles. The van der Waals surface area contributed by atoms with E-state index in [1.165, 1.54) is 6.07 Å². The first-order valence-corrected chi connectivity index (χ1v) is 6.86. The van der Waals surface area contributed by atoms with Gasteiger partial charge in [0.15, 0.2) is 0 Å². The van der Waals surface area contributed by atoms with Gasteiger partial charge in [0.2, 0.25) is 0 Å². The van der Waals surface area contributed by atoms with Gasteiger partial charge >= 0.3 is 0 Å². The Bertz CT molecular complexity index is 459. The summed E-state index contributed by atoms with van der Waals surface area (Å²) < 4.78 is 19.0. The van der Waals surface area contributed by atoms with E-state index in [0.717, 1.165) is 38.2 Å². The van der Waals surface area contributed by atoms with Gasteiger partial charge in [0.05, 0.1) is 0 Å². The van der Waals surface area contributed by atoms with Gasteiger partial charge in [-0.15, -0.1) is 0 Å². The molecule has 1 aromatic rings. The van der Waals surface area contributed by atoms with Crippen LogP contribution in [-0.4, -0.2) is 31.8 Å². The van der Waals surface area contributed by atoms with Crippen LogP contribution in [0.4, 0.5) is 10.1 Å². The number of nitrogens with zero attached hydrogens (tertiary/aromatic N) is 1. The van der Waals surface area contributed by atoms with Crippen LogP contribution in [0.15, 0.2) is 18.2 Å².